The van der Waals surface area contributed by atoms with Crippen molar-refractivity contribution in [3.8, 4) is 0 Å². The first-order valence-corrected chi connectivity index (χ1v) is 7.75. The molecule has 0 aliphatic rings. The molecule has 0 saturated carbocycles. The summed E-state index contributed by atoms with van der Waals surface area (Å²) in [6.07, 6.45) is 2.41. The van der Waals surface area contributed by atoms with E-state index < -0.39 is 21.7 Å². The molecule has 1 N–H and O–H groups in total. The van der Waals surface area contributed by atoms with Gasteiger partial charge in [0.1, 0.15) is 5.82 Å². The van der Waals surface area contributed by atoms with Gasteiger partial charge in [-0.05, 0) is 6.07 Å². The minimum Gasteiger partial charge on any atom is -0.351 e. The van der Waals surface area contributed by atoms with Crippen LogP contribution in [0.4, 0.5) is 4.39 Å². The van der Waals surface area contributed by atoms with Gasteiger partial charge < -0.3 is 5.32 Å². The number of benzene rings is 1. The highest BCUT2D eigenvalue weighted by Crippen LogP contribution is 2.05. The van der Waals surface area contributed by atoms with Crippen molar-refractivity contribution in [1.82, 2.24) is 9.62 Å². The van der Waals surface area contributed by atoms with Gasteiger partial charge in [0, 0.05) is 18.7 Å². The van der Waals surface area contributed by atoms with E-state index in [9.17, 15) is 17.6 Å². The lowest BCUT2D eigenvalue weighted by Crippen LogP contribution is -2.40. The van der Waals surface area contributed by atoms with Crippen LogP contribution in [0.3, 0.4) is 0 Å². The molecule has 1 rings (SSSR count). The van der Waals surface area contributed by atoms with E-state index in [0.29, 0.717) is 5.56 Å². The Balaban J connectivity index is 2.59. The third-order valence-electron chi connectivity index (χ3n) is 2.56. The first-order chi connectivity index (χ1) is 9.34. The van der Waals surface area contributed by atoms with Crippen molar-refractivity contribution in [2.24, 2.45) is 0 Å². The van der Waals surface area contributed by atoms with Crippen LogP contribution in [0.15, 0.2) is 36.9 Å². The Morgan fingerprint density at radius 2 is 2.10 bits per heavy atom. The van der Waals surface area contributed by atoms with Crippen molar-refractivity contribution in [2.75, 3.05) is 19.3 Å². The fourth-order valence-electron chi connectivity index (χ4n) is 1.51. The number of hydrogen-bond acceptors (Lipinski definition) is 3. The Morgan fingerprint density at radius 3 is 2.65 bits per heavy atom. The summed E-state index contributed by atoms with van der Waals surface area (Å²) in [4.78, 5) is 11.7. The molecule has 0 aromatic heterocycles. The highest BCUT2D eigenvalue weighted by atomic mass is 32.2. The molecule has 20 heavy (non-hydrogen) atoms. The Morgan fingerprint density at radius 1 is 1.45 bits per heavy atom. The molecule has 1 aromatic carbocycles. The van der Waals surface area contributed by atoms with E-state index in [1.807, 2.05) is 0 Å². The van der Waals surface area contributed by atoms with Crippen molar-refractivity contribution in [1.29, 1.82) is 0 Å². The minimum atomic E-state index is -3.49. The van der Waals surface area contributed by atoms with Crippen LogP contribution in [0.2, 0.25) is 0 Å². The summed E-state index contributed by atoms with van der Waals surface area (Å²) >= 11 is 0. The molecule has 0 atom stereocenters. The quantitative estimate of drug-likeness (QED) is 0.761. The largest absolute Gasteiger partial charge is 0.351 e. The monoisotopic (exact) mass is 300 g/mol. The molecule has 7 heteroatoms. The van der Waals surface area contributed by atoms with Gasteiger partial charge in [-0.25, -0.2) is 12.8 Å². The summed E-state index contributed by atoms with van der Waals surface area (Å²) in [5.74, 6) is -0.917. The molecule has 110 valence electrons. The predicted molar refractivity (Wildman–Crippen MR) is 74.9 cm³/mol. The first-order valence-electron chi connectivity index (χ1n) is 5.90. The van der Waals surface area contributed by atoms with Crippen molar-refractivity contribution >= 4 is 15.9 Å². The third kappa shape index (κ3) is 5.10. The van der Waals surface area contributed by atoms with Gasteiger partial charge >= 0.3 is 0 Å². The van der Waals surface area contributed by atoms with Gasteiger partial charge in [0.25, 0.3) is 0 Å². The zero-order chi connectivity index (χ0) is 15.2. The molecule has 0 aliphatic carbocycles. The number of nitrogens with zero attached hydrogens (tertiary/aromatic N) is 1. The number of amides is 1. The number of sulfonamides is 1. The van der Waals surface area contributed by atoms with E-state index in [2.05, 4.69) is 11.9 Å². The van der Waals surface area contributed by atoms with E-state index in [1.165, 1.54) is 12.1 Å². The third-order valence-corrected chi connectivity index (χ3v) is 3.77. The minimum absolute atomic E-state index is 0.0111. The van der Waals surface area contributed by atoms with Crippen LogP contribution in [0.1, 0.15) is 5.56 Å². The van der Waals surface area contributed by atoms with Gasteiger partial charge in [-0.1, -0.05) is 24.3 Å². The molecular formula is C13H17FN2O3S. The highest BCUT2D eigenvalue weighted by molar-refractivity contribution is 7.88. The molecule has 0 heterocycles. The van der Waals surface area contributed by atoms with E-state index in [4.69, 9.17) is 0 Å². The van der Waals surface area contributed by atoms with Crippen LogP contribution >= 0.6 is 0 Å². The normalized spacial score (nSPS) is 11.3. The molecule has 0 aliphatic heterocycles. The molecule has 0 unspecified atom stereocenters. The van der Waals surface area contributed by atoms with Crippen molar-refractivity contribution in [3.63, 3.8) is 0 Å². The SMILES string of the molecule is C=CCN(CC(=O)NCc1ccccc1F)S(C)(=O)=O. The summed E-state index contributed by atoms with van der Waals surface area (Å²) in [6.45, 7) is 3.18. The van der Waals surface area contributed by atoms with Crippen LogP contribution in [0.25, 0.3) is 0 Å². The van der Waals surface area contributed by atoms with E-state index in [0.717, 1.165) is 10.6 Å². The maximum atomic E-state index is 13.3. The molecule has 0 spiro atoms. The summed E-state index contributed by atoms with van der Waals surface area (Å²) in [6, 6.07) is 6.05. The van der Waals surface area contributed by atoms with E-state index in [1.54, 1.807) is 18.2 Å². The average molecular weight is 300 g/mol. The predicted octanol–water partition coefficient (Wildman–Crippen LogP) is 0.889. The van der Waals surface area contributed by atoms with E-state index in [-0.39, 0.29) is 19.6 Å². The lowest BCUT2D eigenvalue weighted by atomic mass is 10.2. The van der Waals surface area contributed by atoms with Crippen molar-refractivity contribution in [2.45, 2.75) is 6.54 Å². The maximum Gasteiger partial charge on any atom is 0.235 e. The smallest absolute Gasteiger partial charge is 0.235 e. The fourth-order valence-corrected chi connectivity index (χ4v) is 2.24. The van der Waals surface area contributed by atoms with Gasteiger partial charge in [0.05, 0.1) is 12.8 Å². The number of nitrogens with one attached hydrogen (secondary N) is 1. The Bertz CT molecular complexity index is 587. The zero-order valence-electron chi connectivity index (χ0n) is 11.2. The number of hydrogen-bond donors (Lipinski definition) is 1. The van der Waals surface area contributed by atoms with Crippen LogP contribution < -0.4 is 5.32 Å². The number of carbonyl (C=O) groups excluding carboxylic acids is 1. The fraction of sp³-hybridized carbons (Fsp3) is 0.308. The topological polar surface area (TPSA) is 66.5 Å². The van der Waals surface area contributed by atoms with Crippen LogP contribution in [-0.4, -0.2) is 38.0 Å². The second kappa shape index (κ2) is 7.16. The number of carbonyl (C=O) groups is 1. The van der Waals surface area contributed by atoms with E-state index >= 15 is 0 Å². The van der Waals surface area contributed by atoms with Crippen molar-refractivity contribution < 1.29 is 17.6 Å². The van der Waals surface area contributed by atoms with Crippen LogP contribution in [-0.2, 0) is 21.4 Å². The summed E-state index contributed by atoms with van der Waals surface area (Å²) in [5.41, 5.74) is 0.343. The van der Waals surface area contributed by atoms with Gasteiger partial charge in [-0.3, -0.25) is 4.79 Å². The average Bonchev–Trinajstić information content (AvgIpc) is 2.36. The van der Waals surface area contributed by atoms with Crippen molar-refractivity contribution in [3.05, 3.63) is 48.3 Å². The molecule has 1 amide bonds. The molecule has 0 bridgehead atoms. The standard InChI is InChI=1S/C13H17FN2O3S/c1-3-8-16(20(2,18)19)10-13(17)15-9-11-6-4-5-7-12(11)14/h3-7H,1,8-10H2,2H3,(H,15,17). The Labute approximate surface area is 118 Å². The molecule has 0 fully saturated rings. The highest BCUT2D eigenvalue weighted by Gasteiger charge is 2.18. The molecular weight excluding hydrogens is 283 g/mol. The molecule has 0 saturated heterocycles. The van der Waals surface area contributed by atoms with Crippen LogP contribution in [0.5, 0.6) is 0 Å². The maximum absolute atomic E-state index is 13.3. The lowest BCUT2D eigenvalue weighted by Gasteiger charge is -2.17. The number of halogens is 1. The Kier molecular flexibility index (Phi) is 5.84. The van der Waals surface area contributed by atoms with Gasteiger partial charge in [0.2, 0.25) is 15.9 Å². The Hall–Kier alpha value is -1.73. The molecule has 0 radical (unpaired) electrons. The lowest BCUT2D eigenvalue weighted by molar-refractivity contribution is -0.121. The van der Waals surface area contributed by atoms with Gasteiger partial charge in [0.15, 0.2) is 0 Å². The number of rotatable bonds is 7. The summed E-state index contributed by atoms with van der Waals surface area (Å²) < 4.78 is 37.2. The molecule has 1 aromatic rings. The molecule has 5 nitrogen and oxygen atoms in total. The van der Waals surface area contributed by atoms with Crippen LogP contribution in [0, 0.1) is 5.82 Å². The first kappa shape index (κ1) is 16.3. The summed E-state index contributed by atoms with van der Waals surface area (Å²) in [7, 11) is -3.49. The van der Waals surface area contributed by atoms with Gasteiger partial charge in [-0.2, -0.15) is 4.31 Å². The summed E-state index contributed by atoms with van der Waals surface area (Å²) in [5, 5.41) is 2.48. The zero-order valence-corrected chi connectivity index (χ0v) is 12.0. The van der Waals surface area contributed by atoms with Gasteiger partial charge in [-0.15, -0.1) is 6.58 Å². The second-order valence-corrected chi connectivity index (χ2v) is 6.19. The second-order valence-electron chi connectivity index (χ2n) is 4.21.